The molecule has 0 aromatic heterocycles. The molecule has 3 unspecified atom stereocenters. The molecule has 1 saturated carbocycles. The van der Waals surface area contributed by atoms with E-state index in [-0.39, 0.29) is 17.8 Å². The van der Waals surface area contributed by atoms with Crippen molar-refractivity contribution >= 4 is 10.0 Å². The normalized spacial score (nSPS) is 35.7. The van der Waals surface area contributed by atoms with Crippen molar-refractivity contribution in [2.45, 2.75) is 51.1 Å². The Kier molecular flexibility index (Phi) is 3.87. The maximum atomic E-state index is 11.9. The van der Waals surface area contributed by atoms with E-state index >= 15 is 0 Å². The van der Waals surface area contributed by atoms with E-state index in [2.05, 4.69) is 17.0 Å². The summed E-state index contributed by atoms with van der Waals surface area (Å²) in [6, 6.07) is 0.345. The zero-order valence-corrected chi connectivity index (χ0v) is 10.7. The van der Waals surface area contributed by atoms with Gasteiger partial charge in [0.15, 0.2) is 0 Å². The second kappa shape index (κ2) is 5.02. The van der Waals surface area contributed by atoms with Gasteiger partial charge in [-0.05, 0) is 44.6 Å². The van der Waals surface area contributed by atoms with Gasteiger partial charge in [0.2, 0.25) is 10.0 Å². The summed E-state index contributed by atoms with van der Waals surface area (Å²) < 4.78 is 26.6. The molecule has 0 radical (unpaired) electrons. The van der Waals surface area contributed by atoms with E-state index in [1.54, 1.807) is 0 Å². The van der Waals surface area contributed by atoms with E-state index in [9.17, 15) is 8.42 Å². The van der Waals surface area contributed by atoms with Crippen molar-refractivity contribution in [1.29, 1.82) is 0 Å². The summed E-state index contributed by atoms with van der Waals surface area (Å²) in [6.45, 7) is 3.15. The molecule has 0 spiro atoms. The summed E-state index contributed by atoms with van der Waals surface area (Å²) in [4.78, 5) is 0. The van der Waals surface area contributed by atoms with Crippen LogP contribution in [0.5, 0.6) is 0 Å². The number of hydrogen-bond donors (Lipinski definition) is 2. The molecule has 0 bridgehead atoms. The zero-order chi connectivity index (χ0) is 11.6. The Balaban J connectivity index is 1.82. The van der Waals surface area contributed by atoms with Crippen molar-refractivity contribution in [2.24, 2.45) is 5.92 Å². The Hall–Kier alpha value is -0.130. The second-order valence-electron chi connectivity index (χ2n) is 5.31. The van der Waals surface area contributed by atoms with Crippen LogP contribution >= 0.6 is 0 Å². The monoisotopic (exact) mass is 246 g/mol. The average Bonchev–Trinajstić information content (AvgIpc) is 2.76. The molecule has 0 amide bonds. The molecular formula is C11H22N2O2S. The zero-order valence-electron chi connectivity index (χ0n) is 9.91. The summed E-state index contributed by atoms with van der Waals surface area (Å²) in [6.07, 6.45) is 5.23. The van der Waals surface area contributed by atoms with E-state index in [0.29, 0.717) is 5.92 Å². The van der Waals surface area contributed by atoms with Gasteiger partial charge in [0.05, 0.1) is 5.75 Å². The summed E-state index contributed by atoms with van der Waals surface area (Å²) in [5, 5.41) is 3.23. The van der Waals surface area contributed by atoms with Crippen molar-refractivity contribution in [3.63, 3.8) is 0 Å². The molecule has 4 nitrogen and oxygen atoms in total. The molecule has 5 heteroatoms. The Morgan fingerprint density at radius 1 is 1.31 bits per heavy atom. The molecule has 2 rings (SSSR count). The number of rotatable bonds is 4. The number of nitrogens with one attached hydrogen (secondary N) is 2. The van der Waals surface area contributed by atoms with Crippen LogP contribution in [0.2, 0.25) is 0 Å². The minimum atomic E-state index is -3.08. The predicted molar refractivity (Wildman–Crippen MR) is 64.8 cm³/mol. The van der Waals surface area contributed by atoms with Gasteiger partial charge in [0.25, 0.3) is 0 Å². The van der Waals surface area contributed by atoms with Crippen LogP contribution in [0.15, 0.2) is 0 Å². The highest BCUT2D eigenvalue weighted by molar-refractivity contribution is 7.89. The van der Waals surface area contributed by atoms with Crippen LogP contribution in [0.1, 0.15) is 39.0 Å². The highest BCUT2D eigenvalue weighted by atomic mass is 32.2. The van der Waals surface area contributed by atoms with Crippen molar-refractivity contribution in [3.05, 3.63) is 0 Å². The third-order valence-corrected chi connectivity index (χ3v) is 5.16. The lowest BCUT2D eigenvalue weighted by Crippen LogP contribution is -2.40. The van der Waals surface area contributed by atoms with Crippen LogP contribution < -0.4 is 10.0 Å². The summed E-state index contributed by atoms with van der Waals surface area (Å²) in [5.74, 6) is 0.912. The maximum Gasteiger partial charge on any atom is 0.213 e. The first-order valence-electron chi connectivity index (χ1n) is 6.28. The van der Waals surface area contributed by atoms with Crippen LogP contribution in [0.4, 0.5) is 0 Å². The van der Waals surface area contributed by atoms with Gasteiger partial charge < -0.3 is 5.32 Å². The fraction of sp³-hybridized carbons (Fsp3) is 1.00. The van der Waals surface area contributed by atoms with Gasteiger partial charge in [0.1, 0.15) is 0 Å². The number of hydrogen-bond acceptors (Lipinski definition) is 3. The largest absolute Gasteiger partial charge is 0.313 e. The SMILES string of the molecule is CC1CCC(NS(=O)(=O)CC2CCCN2)C1. The van der Waals surface area contributed by atoms with Crippen LogP contribution in [0.3, 0.4) is 0 Å². The highest BCUT2D eigenvalue weighted by Gasteiger charge is 2.28. The lowest BCUT2D eigenvalue weighted by molar-refractivity contribution is 0.529. The van der Waals surface area contributed by atoms with E-state index in [1.807, 2.05) is 0 Å². The summed E-state index contributed by atoms with van der Waals surface area (Å²) in [7, 11) is -3.08. The first kappa shape index (κ1) is 12.3. The predicted octanol–water partition coefficient (Wildman–Crippen LogP) is 0.846. The highest BCUT2D eigenvalue weighted by Crippen LogP contribution is 2.25. The van der Waals surface area contributed by atoms with Crippen LogP contribution in [-0.4, -0.2) is 32.8 Å². The van der Waals surface area contributed by atoms with Gasteiger partial charge in [0, 0.05) is 12.1 Å². The summed E-state index contributed by atoms with van der Waals surface area (Å²) >= 11 is 0. The van der Waals surface area contributed by atoms with Gasteiger partial charge in [-0.25, -0.2) is 13.1 Å². The lowest BCUT2D eigenvalue weighted by Gasteiger charge is -2.15. The van der Waals surface area contributed by atoms with E-state index < -0.39 is 10.0 Å². The molecule has 2 fully saturated rings. The van der Waals surface area contributed by atoms with Gasteiger partial charge in [-0.2, -0.15) is 0 Å². The maximum absolute atomic E-state index is 11.9. The average molecular weight is 246 g/mol. The van der Waals surface area contributed by atoms with Crippen molar-refractivity contribution in [3.8, 4) is 0 Å². The van der Waals surface area contributed by atoms with Crippen molar-refractivity contribution in [1.82, 2.24) is 10.0 Å². The van der Waals surface area contributed by atoms with Crippen molar-refractivity contribution in [2.75, 3.05) is 12.3 Å². The van der Waals surface area contributed by atoms with Crippen LogP contribution in [-0.2, 0) is 10.0 Å². The molecule has 3 atom stereocenters. The van der Waals surface area contributed by atoms with Gasteiger partial charge in [-0.15, -0.1) is 0 Å². The molecule has 94 valence electrons. The standard InChI is InChI=1S/C11H22N2O2S/c1-9-4-5-10(7-9)13-16(14,15)8-11-3-2-6-12-11/h9-13H,2-8H2,1H3. The molecule has 0 aromatic carbocycles. The number of sulfonamides is 1. The Labute approximate surface area is 98.2 Å². The Bertz CT molecular complexity index is 323. The van der Waals surface area contributed by atoms with Crippen LogP contribution in [0.25, 0.3) is 0 Å². The quantitative estimate of drug-likeness (QED) is 0.773. The van der Waals surface area contributed by atoms with E-state index in [0.717, 1.165) is 38.6 Å². The Morgan fingerprint density at radius 3 is 2.69 bits per heavy atom. The fourth-order valence-electron chi connectivity index (χ4n) is 2.78. The second-order valence-corrected chi connectivity index (χ2v) is 7.11. The minimum absolute atomic E-state index is 0.163. The molecule has 1 aliphatic heterocycles. The first-order chi connectivity index (χ1) is 7.55. The smallest absolute Gasteiger partial charge is 0.213 e. The molecule has 16 heavy (non-hydrogen) atoms. The molecule has 1 saturated heterocycles. The van der Waals surface area contributed by atoms with Crippen molar-refractivity contribution < 1.29 is 8.42 Å². The third-order valence-electron chi connectivity index (χ3n) is 3.62. The topological polar surface area (TPSA) is 58.2 Å². The van der Waals surface area contributed by atoms with Gasteiger partial charge in [-0.1, -0.05) is 6.92 Å². The first-order valence-corrected chi connectivity index (χ1v) is 7.94. The van der Waals surface area contributed by atoms with E-state index in [1.165, 1.54) is 0 Å². The van der Waals surface area contributed by atoms with E-state index in [4.69, 9.17) is 0 Å². The minimum Gasteiger partial charge on any atom is -0.313 e. The van der Waals surface area contributed by atoms with Gasteiger partial charge in [-0.3, -0.25) is 0 Å². The van der Waals surface area contributed by atoms with Crippen LogP contribution in [0, 0.1) is 5.92 Å². The molecular weight excluding hydrogens is 224 g/mol. The fourth-order valence-corrected chi connectivity index (χ4v) is 4.41. The molecule has 1 aliphatic carbocycles. The summed E-state index contributed by atoms with van der Waals surface area (Å²) in [5.41, 5.74) is 0. The third kappa shape index (κ3) is 3.43. The molecule has 2 aliphatic rings. The molecule has 2 N–H and O–H groups in total. The Morgan fingerprint density at radius 2 is 2.12 bits per heavy atom. The molecule has 1 heterocycles. The lowest BCUT2D eigenvalue weighted by atomic mass is 10.1. The molecule has 0 aromatic rings. The van der Waals surface area contributed by atoms with Gasteiger partial charge >= 0.3 is 0 Å².